The van der Waals surface area contributed by atoms with Gasteiger partial charge >= 0.3 is 0 Å². The number of halogens is 1. The molecule has 0 amide bonds. The summed E-state index contributed by atoms with van der Waals surface area (Å²) < 4.78 is 0.605. The topological polar surface area (TPSA) is 83.8 Å². The maximum atomic E-state index is 11.4. The quantitative estimate of drug-likeness (QED) is 0.652. The number of nitrogens with one attached hydrogen (secondary N) is 2. The van der Waals surface area contributed by atoms with Gasteiger partial charge in [-0.25, -0.2) is 4.98 Å². The zero-order valence-corrected chi connectivity index (χ0v) is 12.2. The van der Waals surface area contributed by atoms with E-state index >= 15 is 0 Å². The number of aromatic nitrogens is 2. The van der Waals surface area contributed by atoms with E-state index in [1.54, 1.807) is 0 Å². The molecule has 0 aliphatic carbocycles. The zero-order valence-electron chi connectivity index (χ0n) is 10.0. The van der Waals surface area contributed by atoms with Crippen molar-refractivity contribution in [3.8, 4) is 0 Å². The summed E-state index contributed by atoms with van der Waals surface area (Å²) >= 11 is 2.00. The first kappa shape index (κ1) is 14.4. The van der Waals surface area contributed by atoms with E-state index in [1.807, 2.05) is 22.6 Å². The van der Waals surface area contributed by atoms with Crippen LogP contribution in [0.1, 0.15) is 26.2 Å². The van der Waals surface area contributed by atoms with E-state index in [4.69, 9.17) is 5.73 Å². The van der Waals surface area contributed by atoms with Gasteiger partial charge in [0.2, 0.25) is 0 Å². The van der Waals surface area contributed by atoms with Crippen molar-refractivity contribution in [2.24, 2.45) is 11.7 Å². The molecule has 0 saturated heterocycles. The van der Waals surface area contributed by atoms with Gasteiger partial charge in [0, 0.05) is 6.54 Å². The Hall–Kier alpha value is -0.630. The van der Waals surface area contributed by atoms with Gasteiger partial charge in [-0.3, -0.25) is 4.79 Å². The Balaban J connectivity index is 2.58. The Labute approximate surface area is 115 Å². The lowest BCUT2D eigenvalue weighted by Gasteiger charge is -2.16. The van der Waals surface area contributed by atoms with Crippen molar-refractivity contribution in [2.45, 2.75) is 26.2 Å². The van der Waals surface area contributed by atoms with Crippen LogP contribution in [0.4, 0.5) is 5.82 Å². The van der Waals surface area contributed by atoms with Gasteiger partial charge in [0.1, 0.15) is 9.39 Å². The summed E-state index contributed by atoms with van der Waals surface area (Å²) in [6.07, 6.45) is 4.71. The van der Waals surface area contributed by atoms with Crippen molar-refractivity contribution in [1.82, 2.24) is 9.97 Å². The lowest BCUT2D eigenvalue weighted by atomic mass is 10.00. The molecule has 1 atom stereocenters. The minimum atomic E-state index is -0.103. The second-order valence-corrected chi connectivity index (χ2v) is 5.09. The standard InChI is InChI=1S/C11H19IN4O/c1-2-3-8(4-5-13)6-14-10-9(12)11(17)16-7-15-10/h7-8H,2-6,13H2,1H3,(H2,14,15,16,17). The Morgan fingerprint density at radius 1 is 1.59 bits per heavy atom. The summed E-state index contributed by atoms with van der Waals surface area (Å²) in [5.74, 6) is 1.20. The maximum absolute atomic E-state index is 11.4. The molecule has 0 aliphatic rings. The van der Waals surface area contributed by atoms with Crippen molar-refractivity contribution in [3.63, 3.8) is 0 Å². The summed E-state index contributed by atoms with van der Waals surface area (Å²) in [4.78, 5) is 18.0. The van der Waals surface area contributed by atoms with Crippen LogP contribution in [-0.2, 0) is 0 Å². The van der Waals surface area contributed by atoms with E-state index in [9.17, 15) is 4.79 Å². The third-order valence-electron chi connectivity index (χ3n) is 2.63. The molecule has 0 bridgehead atoms. The Morgan fingerprint density at radius 2 is 2.35 bits per heavy atom. The van der Waals surface area contributed by atoms with Crippen LogP contribution < -0.4 is 16.6 Å². The normalized spacial score (nSPS) is 12.4. The molecule has 0 saturated carbocycles. The van der Waals surface area contributed by atoms with E-state index in [1.165, 1.54) is 6.33 Å². The molecule has 0 spiro atoms. The molecule has 1 aromatic heterocycles. The fourth-order valence-corrected chi connectivity index (χ4v) is 2.23. The van der Waals surface area contributed by atoms with Crippen LogP contribution in [0, 0.1) is 9.49 Å². The van der Waals surface area contributed by atoms with Gasteiger partial charge in [0.25, 0.3) is 5.56 Å². The molecule has 96 valence electrons. The van der Waals surface area contributed by atoms with Crippen LogP contribution in [0.3, 0.4) is 0 Å². The Kier molecular flexibility index (Phi) is 6.49. The highest BCUT2D eigenvalue weighted by molar-refractivity contribution is 14.1. The molecular formula is C11H19IN4O. The van der Waals surface area contributed by atoms with Gasteiger partial charge < -0.3 is 16.0 Å². The number of nitrogens with zero attached hydrogens (tertiary/aromatic N) is 1. The van der Waals surface area contributed by atoms with Crippen LogP contribution in [0.15, 0.2) is 11.1 Å². The molecule has 4 N–H and O–H groups in total. The molecule has 0 fully saturated rings. The molecule has 5 nitrogen and oxygen atoms in total. The number of hydrogen-bond donors (Lipinski definition) is 3. The van der Waals surface area contributed by atoms with Gasteiger partial charge in [0.05, 0.1) is 6.33 Å². The number of H-pyrrole nitrogens is 1. The van der Waals surface area contributed by atoms with Crippen molar-refractivity contribution >= 4 is 28.4 Å². The molecule has 6 heteroatoms. The number of nitrogens with two attached hydrogens (primary N) is 1. The zero-order chi connectivity index (χ0) is 12.7. The highest BCUT2D eigenvalue weighted by atomic mass is 127. The summed E-state index contributed by atoms with van der Waals surface area (Å²) in [5, 5.41) is 3.23. The number of hydrogen-bond acceptors (Lipinski definition) is 4. The second kappa shape index (κ2) is 7.65. The average molecular weight is 350 g/mol. The summed E-state index contributed by atoms with van der Waals surface area (Å²) in [6, 6.07) is 0. The molecule has 0 aliphatic heterocycles. The number of anilines is 1. The molecule has 1 aromatic rings. The van der Waals surface area contributed by atoms with Crippen molar-refractivity contribution in [3.05, 3.63) is 20.3 Å². The highest BCUT2D eigenvalue weighted by Crippen LogP contribution is 2.14. The largest absolute Gasteiger partial charge is 0.369 e. The molecule has 17 heavy (non-hydrogen) atoms. The van der Waals surface area contributed by atoms with Crippen LogP contribution in [0.2, 0.25) is 0 Å². The van der Waals surface area contributed by atoms with Crippen molar-refractivity contribution < 1.29 is 0 Å². The predicted octanol–water partition coefficient (Wildman–Crippen LogP) is 1.55. The lowest BCUT2D eigenvalue weighted by molar-refractivity contribution is 0.472. The van der Waals surface area contributed by atoms with E-state index < -0.39 is 0 Å². The summed E-state index contributed by atoms with van der Waals surface area (Å²) in [6.45, 7) is 3.68. The first-order valence-corrected chi connectivity index (χ1v) is 6.94. The average Bonchev–Trinajstić information content (AvgIpc) is 2.31. The smallest absolute Gasteiger partial charge is 0.266 e. The third kappa shape index (κ3) is 4.63. The summed E-state index contributed by atoms with van der Waals surface area (Å²) in [5.41, 5.74) is 5.48. The molecule has 1 rings (SSSR count). The third-order valence-corrected chi connectivity index (χ3v) is 3.63. The first-order chi connectivity index (χ1) is 8.19. The van der Waals surface area contributed by atoms with Crippen molar-refractivity contribution in [1.29, 1.82) is 0 Å². The fraction of sp³-hybridized carbons (Fsp3) is 0.636. The second-order valence-electron chi connectivity index (χ2n) is 4.01. The first-order valence-electron chi connectivity index (χ1n) is 5.86. The summed E-state index contributed by atoms with van der Waals surface area (Å²) in [7, 11) is 0. The van der Waals surface area contributed by atoms with E-state index in [2.05, 4.69) is 22.2 Å². The molecule has 0 radical (unpaired) electrons. The highest BCUT2D eigenvalue weighted by Gasteiger charge is 2.09. The molecule has 0 aromatic carbocycles. The van der Waals surface area contributed by atoms with Gasteiger partial charge in [-0.15, -0.1) is 0 Å². The molecule has 1 unspecified atom stereocenters. The minimum Gasteiger partial charge on any atom is -0.369 e. The fourth-order valence-electron chi connectivity index (χ4n) is 1.74. The van der Waals surface area contributed by atoms with Gasteiger partial charge in [0.15, 0.2) is 0 Å². The van der Waals surface area contributed by atoms with Gasteiger partial charge in [-0.1, -0.05) is 13.3 Å². The Morgan fingerprint density at radius 3 is 3.00 bits per heavy atom. The van der Waals surface area contributed by atoms with Crippen LogP contribution in [0.5, 0.6) is 0 Å². The van der Waals surface area contributed by atoms with Gasteiger partial charge in [-0.05, 0) is 47.9 Å². The minimum absolute atomic E-state index is 0.103. The van der Waals surface area contributed by atoms with Crippen LogP contribution >= 0.6 is 22.6 Å². The number of rotatable bonds is 7. The van der Waals surface area contributed by atoms with E-state index in [0.717, 1.165) is 25.8 Å². The van der Waals surface area contributed by atoms with E-state index in [0.29, 0.717) is 21.9 Å². The van der Waals surface area contributed by atoms with Crippen LogP contribution in [-0.4, -0.2) is 23.1 Å². The molecular weight excluding hydrogens is 331 g/mol. The predicted molar refractivity (Wildman–Crippen MR) is 78.1 cm³/mol. The molecule has 1 heterocycles. The lowest BCUT2D eigenvalue weighted by Crippen LogP contribution is -2.21. The van der Waals surface area contributed by atoms with Gasteiger partial charge in [-0.2, -0.15) is 0 Å². The monoisotopic (exact) mass is 350 g/mol. The Bertz CT molecular complexity index is 387. The van der Waals surface area contributed by atoms with Crippen molar-refractivity contribution in [2.75, 3.05) is 18.4 Å². The van der Waals surface area contributed by atoms with E-state index in [-0.39, 0.29) is 5.56 Å². The number of aromatic amines is 1. The maximum Gasteiger partial charge on any atom is 0.266 e. The SMILES string of the molecule is CCCC(CCN)CNc1nc[nH]c(=O)c1I. The van der Waals surface area contributed by atoms with Crippen LogP contribution in [0.25, 0.3) is 0 Å².